The number of alkyl halides is 1. The Balaban J connectivity index is 1.71. The van der Waals surface area contributed by atoms with Gasteiger partial charge < -0.3 is 10.4 Å². The Morgan fingerprint density at radius 2 is 1.93 bits per heavy atom. The topological polar surface area (TPSA) is 75.1 Å². The zero-order valence-electron chi connectivity index (χ0n) is 15.7. The highest BCUT2D eigenvalue weighted by Crippen LogP contribution is 2.39. The first-order valence-electron chi connectivity index (χ1n) is 9.60. The first-order chi connectivity index (χ1) is 14.0. The second-order valence-electron chi connectivity index (χ2n) is 7.45. The number of nitrogens with one attached hydrogen (secondary N) is 1. The van der Waals surface area contributed by atoms with Crippen LogP contribution in [-0.2, 0) is 0 Å². The highest BCUT2D eigenvalue weighted by atomic mass is 35.5. The van der Waals surface area contributed by atoms with Crippen LogP contribution in [0.4, 0.5) is 4.39 Å². The van der Waals surface area contributed by atoms with Crippen molar-refractivity contribution in [3.63, 3.8) is 0 Å². The minimum absolute atomic E-state index is 0.219. The van der Waals surface area contributed by atoms with Gasteiger partial charge in [0.15, 0.2) is 0 Å². The fourth-order valence-corrected chi connectivity index (χ4v) is 4.11. The van der Waals surface area contributed by atoms with E-state index in [0.717, 1.165) is 5.39 Å². The number of benzene rings is 1. The molecule has 1 unspecified atom stereocenters. The zero-order valence-corrected chi connectivity index (χ0v) is 16.4. The largest absolute Gasteiger partial charge is 0.387 e. The molecule has 2 heterocycles. The van der Waals surface area contributed by atoms with Gasteiger partial charge in [-0.05, 0) is 49.3 Å². The standard InChI is InChI=1S/C22H21ClFN3O2/c23-18-7-3-6-17(26-18)20(22(29)11-8-15(24)9-12-22)27-21(28)19-16-5-2-1-4-14(16)10-13-25-19/h1-7,10,13,15,20,29H,8-9,11-12H2,(H,27,28). The molecular weight excluding hydrogens is 393 g/mol. The number of carbonyl (C=O) groups is 1. The molecule has 5 nitrogen and oxygen atoms in total. The maximum atomic E-state index is 13.7. The van der Waals surface area contributed by atoms with Crippen molar-refractivity contribution >= 4 is 28.3 Å². The summed E-state index contributed by atoms with van der Waals surface area (Å²) in [5, 5.41) is 16.1. The van der Waals surface area contributed by atoms with Crippen LogP contribution in [0.2, 0.25) is 5.15 Å². The fourth-order valence-electron chi connectivity index (χ4n) is 3.94. The molecule has 1 fully saturated rings. The number of fused-ring (bicyclic) bond motifs is 1. The third-order valence-corrected chi connectivity index (χ3v) is 5.73. The molecule has 0 bridgehead atoms. The average Bonchev–Trinajstić information content (AvgIpc) is 2.73. The molecule has 1 aromatic carbocycles. The monoisotopic (exact) mass is 413 g/mol. The number of pyridine rings is 2. The van der Waals surface area contributed by atoms with E-state index in [9.17, 15) is 14.3 Å². The first kappa shape index (κ1) is 19.7. The normalized spacial score (nSPS) is 22.9. The SMILES string of the molecule is O=C(NC(c1cccc(Cl)n1)C1(O)CCC(F)CC1)c1nccc2ccccc12. The van der Waals surface area contributed by atoms with E-state index in [0.29, 0.717) is 11.1 Å². The summed E-state index contributed by atoms with van der Waals surface area (Å²) in [6.45, 7) is 0. The summed E-state index contributed by atoms with van der Waals surface area (Å²) in [4.78, 5) is 21.7. The van der Waals surface area contributed by atoms with Crippen molar-refractivity contribution in [3.05, 3.63) is 71.3 Å². The van der Waals surface area contributed by atoms with E-state index in [1.54, 1.807) is 24.4 Å². The Morgan fingerprint density at radius 3 is 2.69 bits per heavy atom. The van der Waals surface area contributed by atoms with Gasteiger partial charge in [0.25, 0.3) is 5.91 Å². The highest BCUT2D eigenvalue weighted by molar-refractivity contribution is 6.29. The number of aromatic nitrogens is 2. The van der Waals surface area contributed by atoms with Crippen LogP contribution >= 0.6 is 11.6 Å². The van der Waals surface area contributed by atoms with Crippen LogP contribution in [0.5, 0.6) is 0 Å². The van der Waals surface area contributed by atoms with Crippen LogP contribution in [0.25, 0.3) is 10.8 Å². The lowest BCUT2D eigenvalue weighted by Gasteiger charge is -2.40. The van der Waals surface area contributed by atoms with Crippen LogP contribution in [0.3, 0.4) is 0 Å². The van der Waals surface area contributed by atoms with Crippen LogP contribution in [0.15, 0.2) is 54.7 Å². The lowest BCUT2D eigenvalue weighted by atomic mass is 9.77. The summed E-state index contributed by atoms with van der Waals surface area (Å²) >= 11 is 6.05. The van der Waals surface area contributed by atoms with Gasteiger partial charge >= 0.3 is 0 Å². The molecule has 4 rings (SSSR count). The smallest absolute Gasteiger partial charge is 0.271 e. The van der Waals surface area contributed by atoms with Gasteiger partial charge in [-0.2, -0.15) is 0 Å². The van der Waals surface area contributed by atoms with E-state index >= 15 is 0 Å². The molecular formula is C22H21ClFN3O2. The summed E-state index contributed by atoms with van der Waals surface area (Å²) in [5.74, 6) is -0.427. The van der Waals surface area contributed by atoms with Gasteiger partial charge in [-0.25, -0.2) is 9.37 Å². The van der Waals surface area contributed by atoms with Gasteiger partial charge in [0.1, 0.15) is 23.1 Å². The lowest BCUT2D eigenvalue weighted by Crippen LogP contribution is -2.49. The number of hydrogen-bond acceptors (Lipinski definition) is 4. The minimum atomic E-state index is -1.32. The molecule has 0 spiro atoms. The maximum absolute atomic E-state index is 13.7. The number of hydrogen-bond donors (Lipinski definition) is 2. The number of amides is 1. The fraction of sp³-hybridized carbons (Fsp3) is 0.318. The number of nitrogens with zero attached hydrogens (tertiary/aromatic N) is 2. The second-order valence-corrected chi connectivity index (χ2v) is 7.84. The minimum Gasteiger partial charge on any atom is -0.387 e. The van der Waals surface area contributed by atoms with E-state index < -0.39 is 23.7 Å². The number of halogens is 2. The lowest BCUT2D eigenvalue weighted by molar-refractivity contribution is -0.0455. The van der Waals surface area contributed by atoms with Gasteiger partial charge in [0.2, 0.25) is 0 Å². The summed E-state index contributed by atoms with van der Waals surface area (Å²) in [5.41, 5.74) is -0.621. The van der Waals surface area contributed by atoms with Gasteiger partial charge in [-0.3, -0.25) is 9.78 Å². The Bertz CT molecular complexity index is 1030. The van der Waals surface area contributed by atoms with Gasteiger partial charge in [0.05, 0.1) is 11.3 Å². The molecule has 0 radical (unpaired) electrons. The van der Waals surface area contributed by atoms with Crippen molar-refractivity contribution in [1.82, 2.24) is 15.3 Å². The molecule has 1 amide bonds. The summed E-state index contributed by atoms with van der Waals surface area (Å²) in [7, 11) is 0. The Hall–Kier alpha value is -2.57. The Morgan fingerprint density at radius 1 is 1.17 bits per heavy atom. The van der Waals surface area contributed by atoms with Gasteiger partial charge in [-0.15, -0.1) is 0 Å². The highest BCUT2D eigenvalue weighted by Gasteiger charge is 2.43. The average molecular weight is 414 g/mol. The Labute approximate surface area is 172 Å². The molecule has 7 heteroatoms. The van der Waals surface area contributed by atoms with Crippen molar-refractivity contribution in [1.29, 1.82) is 0 Å². The van der Waals surface area contributed by atoms with Crippen LogP contribution < -0.4 is 5.32 Å². The molecule has 150 valence electrons. The summed E-state index contributed by atoms with van der Waals surface area (Å²) in [6, 6.07) is 13.5. The van der Waals surface area contributed by atoms with Crippen molar-refractivity contribution in [2.75, 3.05) is 0 Å². The molecule has 1 aliphatic carbocycles. The van der Waals surface area contributed by atoms with Crippen molar-refractivity contribution in [2.24, 2.45) is 0 Å². The molecule has 2 aromatic heterocycles. The van der Waals surface area contributed by atoms with E-state index in [4.69, 9.17) is 11.6 Å². The van der Waals surface area contributed by atoms with E-state index in [2.05, 4.69) is 15.3 Å². The molecule has 1 atom stereocenters. The third kappa shape index (κ3) is 4.09. The molecule has 1 saturated carbocycles. The van der Waals surface area contributed by atoms with E-state index in [1.165, 1.54) is 0 Å². The van der Waals surface area contributed by atoms with Crippen molar-refractivity contribution in [3.8, 4) is 0 Å². The van der Waals surface area contributed by atoms with Crippen molar-refractivity contribution < 1.29 is 14.3 Å². The van der Waals surface area contributed by atoms with Crippen LogP contribution in [-0.4, -0.2) is 32.8 Å². The van der Waals surface area contributed by atoms with Gasteiger partial charge in [0, 0.05) is 11.6 Å². The Kier molecular flexibility index (Phi) is 5.48. The predicted octanol–water partition coefficient (Wildman–Crippen LogP) is 4.40. The first-order valence-corrected chi connectivity index (χ1v) is 9.97. The molecule has 29 heavy (non-hydrogen) atoms. The molecule has 0 saturated heterocycles. The van der Waals surface area contributed by atoms with Crippen LogP contribution in [0.1, 0.15) is 47.9 Å². The zero-order chi connectivity index (χ0) is 20.4. The molecule has 2 N–H and O–H groups in total. The molecule has 3 aromatic rings. The third-order valence-electron chi connectivity index (χ3n) is 5.51. The van der Waals surface area contributed by atoms with Crippen LogP contribution in [0, 0.1) is 0 Å². The molecule has 0 aliphatic heterocycles. The van der Waals surface area contributed by atoms with E-state index in [-0.39, 0.29) is 36.5 Å². The van der Waals surface area contributed by atoms with Crippen molar-refractivity contribution in [2.45, 2.75) is 43.5 Å². The number of carbonyl (C=O) groups excluding carboxylic acids is 1. The number of aliphatic hydroxyl groups is 1. The predicted molar refractivity (Wildman–Crippen MR) is 110 cm³/mol. The quantitative estimate of drug-likeness (QED) is 0.622. The summed E-state index contributed by atoms with van der Waals surface area (Å²) < 4.78 is 13.7. The van der Waals surface area contributed by atoms with Gasteiger partial charge in [-0.1, -0.05) is 41.9 Å². The number of rotatable bonds is 4. The molecule has 1 aliphatic rings. The maximum Gasteiger partial charge on any atom is 0.271 e. The van der Waals surface area contributed by atoms with E-state index in [1.807, 2.05) is 30.3 Å². The second kappa shape index (κ2) is 8.05. The summed E-state index contributed by atoms with van der Waals surface area (Å²) in [6.07, 6.45) is 1.53.